The van der Waals surface area contributed by atoms with E-state index in [0.717, 1.165) is 12.1 Å². The molecule has 0 heterocycles. The van der Waals surface area contributed by atoms with E-state index >= 15 is 0 Å². The van der Waals surface area contributed by atoms with Gasteiger partial charge in [-0.3, -0.25) is 4.79 Å². The van der Waals surface area contributed by atoms with Gasteiger partial charge in [-0.2, -0.15) is 13.2 Å². The Balaban J connectivity index is 2.68. The summed E-state index contributed by atoms with van der Waals surface area (Å²) in [7, 11) is 0. The number of terminal acetylenes is 1. The number of rotatable bonds is 4. The number of hydrogen-bond acceptors (Lipinski definition) is 3. The van der Waals surface area contributed by atoms with Crippen LogP contribution in [-0.4, -0.2) is 18.7 Å². The van der Waals surface area contributed by atoms with Gasteiger partial charge in [0.1, 0.15) is 12.4 Å². The fraction of sp³-hybridized carbons (Fsp3) is 0.308. The Labute approximate surface area is 108 Å². The molecule has 1 atom stereocenters. The second-order valence-electron chi connectivity index (χ2n) is 3.60. The minimum absolute atomic E-state index is 0.00206. The topological polar surface area (TPSA) is 35.5 Å². The average molecular weight is 272 g/mol. The molecule has 102 valence electrons. The molecule has 1 rings (SSSR count). The molecule has 0 saturated heterocycles. The quantitative estimate of drug-likeness (QED) is 0.624. The molecule has 3 nitrogen and oxygen atoms in total. The van der Waals surface area contributed by atoms with Crippen molar-refractivity contribution in [1.82, 2.24) is 0 Å². The van der Waals surface area contributed by atoms with Gasteiger partial charge in [0.15, 0.2) is 6.10 Å². The van der Waals surface area contributed by atoms with Gasteiger partial charge in [-0.1, -0.05) is 12.0 Å². The highest BCUT2D eigenvalue weighted by molar-refractivity contribution is 5.66. The van der Waals surface area contributed by atoms with Crippen molar-refractivity contribution in [2.45, 2.75) is 19.2 Å². The molecule has 0 fully saturated rings. The Hall–Kier alpha value is -2.16. The predicted octanol–water partition coefficient (Wildman–Crippen LogP) is 2.65. The highest BCUT2D eigenvalue weighted by Crippen LogP contribution is 2.31. The summed E-state index contributed by atoms with van der Waals surface area (Å²) in [6.45, 7) is 0.964. The molecule has 0 amide bonds. The van der Waals surface area contributed by atoms with Crippen LogP contribution in [0.4, 0.5) is 13.2 Å². The lowest BCUT2D eigenvalue weighted by Gasteiger charge is -2.13. The maximum atomic E-state index is 12.4. The van der Waals surface area contributed by atoms with Crippen LogP contribution in [0.15, 0.2) is 24.3 Å². The second-order valence-corrected chi connectivity index (χ2v) is 3.60. The van der Waals surface area contributed by atoms with Crippen molar-refractivity contribution in [3.63, 3.8) is 0 Å². The molecule has 0 N–H and O–H groups in total. The van der Waals surface area contributed by atoms with Crippen LogP contribution < -0.4 is 4.74 Å². The maximum Gasteiger partial charge on any atom is 0.416 e. The van der Waals surface area contributed by atoms with Gasteiger partial charge in [-0.05, 0) is 18.2 Å². The molecule has 0 radical (unpaired) electrons. The van der Waals surface area contributed by atoms with Crippen LogP contribution >= 0.6 is 0 Å². The van der Waals surface area contributed by atoms with Crippen molar-refractivity contribution < 1.29 is 27.4 Å². The van der Waals surface area contributed by atoms with E-state index in [2.05, 4.69) is 5.92 Å². The minimum atomic E-state index is -4.44. The number of ether oxygens (including phenoxy) is 2. The molecule has 19 heavy (non-hydrogen) atoms. The van der Waals surface area contributed by atoms with Crippen LogP contribution in [0.1, 0.15) is 12.5 Å². The Morgan fingerprint density at radius 3 is 2.68 bits per heavy atom. The minimum Gasteiger partial charge on any atom is -0.489 e. The van der Waals surface area contributed by atoms with Crippen LogP contribution in [-0.2, 0) is 15.7 Å². The van der Waals surface area contributed by atoms with E-state index in [4.69, 9.17) is 15.9 Å². The molecule has 0 bridgehead atoms. The highest BCUT2D eigenvalue weighted by Gasteiger charge is 2.30. The van der Waals surface area contributed by atoms with Crippen LogP contribution in [0.2, 0.25) is 0 Å². The van der Waals surface area contributed by atoms with Gasteiger partial charge in [0.05, 0.1) is 5.56 Å². The Bertz CT molecular complexity index is 489. The predicted molar refractivity (Wildman–Crippen MR) is 61.3 cm³/mol. The van der Waals surface area contributed by atoms with Gasteiger partial charge < -0.3 is 9.47 Å². The molecule has 0 aliphatic heterocycles. The summed E-state index contributed by atoms with van der Waals surface area (Å²) in [5, 5.41) is 0. The van der Waals surface area contributed by atoms with Crippen LogP contribution in [0.25, 0.3) is 0 Å². The lowest BCUT2D eigenvalue weighted by molar-refractivity contribution is -0.144. The number of esters is 1. The third-order valence-corrected chi connectivity index (χ3v) is 2.06. The van der Waals surface area contributed by atoms with Crippen LogP contribution in [0.3, 0.4) is 0 Å². The SMILES string of the molecule is C#C[C@H](COc1cccc(C(F)(F)F)c1)OC(C)=O. The molecule has 0 aliphatic rings. The standard InChI is InChI=1S/C13H11F3O3/c1-3-11(19-9(2)17)8-18-12-6-4-5-10(7-12)13(14,15)16/h1,4-7,11H,8H2,2H3/t11-/m1/s1. The molecule has 1 aromatic rings. The van der Waals surface area contributed by atoms with Gasteiger partial charge in [0.25, 0.3) is 0 Å². The van der Waals surface area contributed by atoms with Crippen molar-refractivity contribution in [3.05, 3.63) is 29.8 Å². The van der Waals surface area contributed by atoms with Crippen molar-refractivity contribution in [1.29, 1.82) is 0 Å². The third kappa shape index (κ3) is 4.92. The first-order valence-corrected chi connectivity index (χ1v) is 5.26. The van der Waals surface area contributed by atoms with E-state index in [9.17, 15) is 18.0 Å². The molecule has 1 aromatic carbocycles. The van der Waals surface area contributed by atoms with Gasteiger partial charge in [-0.15, -0.1) is 6.42 Å². The number of benzene rings is 1. The molecule has 0 spiro atoms. The van der Waals surface area contributed by atoms with E-state index in [-0.39, 0.29) is 12.4 Å². The molecule has 0 aromatic heterocycles. The highest BCUT2D eigenvalue weighted by atomic mass is 19.4. The molecule has 0 aliphatic carbocycles. The fourth-order valence-electron chi connectivity index (χ4n) is 1.25. The summed E-state index contributed by atoms with van der Waals surface area (Å²) in [6, 6.07) is 4.35. The van der Waals surface area contributed by atoms with Crippen molar-refractivity contribution in [2.24, 2.45) is 0 Å². The number of carbonyl (C=O) groups is 1. The number of hydrogen-bond donors (Lipinski definition) is 0. The molecule has 0 unspecified atom stereocenters. The fourth-order valence-corrected chi connectivity index (χ4v) is 1.25. The van der Waals surface area contributed by atoms with Gasteiger partial charge in [0, 0.05) is 6.92 Å². The zero-order valence-corrected chi connectivity index (χ0v) is 10.0. The zero-order chi connectivity index (χ0) is 14.5. The molecule has 0 saturated carbocycles. The van der Waals surface area contributed by atoms with Crippen molar-refractivity contribution in [3.8, 4) is 18.1 Å². The summed E-state index contributed by atoms with van der Waals surface area (Å²) in [4.78, 5) is 10.7. The molecular weight excluding hydrogens is 261 g/mol. The van der Waals surface area contributed by atoms with Gasteiger partial charge in [-0.25, -0.2) is 0 Å². The van der Waals surface area contributed by atoms with E-state index in [1.165, 1.54) is 19.1 Å². The number of alkyl halides is 3. The Morgan fingerprint density at radius 1 is 1.47 bits per heavy atom. The normalized spacial score (nSPS) is 12.4. The summed E-state index contributed by atoms with van der Waals surface area (Å²) < 4.78 is 47.1. The number of carbonyl (C=O) groups excluding carboxylic acids is 1. The first-order chi connectivity index (χ1) is 8.82. The van der Waals surface area contributed by atoms with E-state index in [1.54, 1.807) is 0 Å². The number of halogens is 3. The summed E-state index contributed by atoms with van der Waals surface area (Å²) in [6.07, 6.45) is -0.284. The third-order valence-electron chi connectivity index (χ3n) is 2.06. The van der Waals surface area contributed by atoms with E-state index < -0.39 is 23.8 Å². The lowest BCUT2D eigenvalue weighted by Crippen LogP contribution is -2.22. The maximum absolute atomic E-state index is 12.4. The smallest absolute Gasteiger partial charge is 0.416 e. The van der Waals surface area contributed by atoms with Crippen molar-refractivity contribution >= 4 is 5.97 Å². The van der Waals surface area contributed by atoms with E-state index in [1.807, 2.05) is 0 Å². The van der Waals surface area contributed by atoms with Gasteiger partial charge in [0.2, 0.25) is 0 Å². The molecular formula is C13H11F3O3. The zero-order valence-electron chi connectivity index (χ0n) is 10.0. The second kappa shape index (κ2) is 6.14. The first-order valence-electron chi connectivity index (χ1n) is 5.26. The monoisotopic (exact) mass is 272 g/mol. The van der Waals surface area contributed by atoms with Gasteiger partial charge >= 0.3 is 12.1 Å². The average Bonchev–Trinajstić information content (AvgIpc) is 2.33. The summed E-state index contributed by atoms with van der Waals surface area (Å²) in [5.74, 6) is 1.57. The summed E-state index contributed by atoms with van der Waals surface area (Å²) in [5.41, 5.74) is -0.824. The largest absolute Gasteiger partial charge is 0.489 e. The molecule has 6 heteroatoms. The first kappa shape index (κ1) is 14.9. The Morgan fingerprint density at radius 2 is 2.16 bits per heavy atom. The van der Waals surface area contributed by atoms with E-state index in [0.29, 0.717) is 0 Å². The van der Waals surface area contributed by atoms with Crippen LogP contribution in [0, 0.1) is 12.3 Å². The summed E-state index contributed by atoms with van der Waals surface area (Å²) >= 11 is 0. The Kier molecular flexibility index (Phi) is 4.81. The van der Waals surface area contributed by atoms with Crippen LogP contribution in [0.5, 0.6) is 5.75 Å². The lowest BCUT2D eigenvalue weighted by atomic mass is 10.2. The van der Waals surface area contributed by atoms with Crippen molar-refractivity contribution in [2.75, 3.05) is 6.61 Å².